The first-order valence-electron chi connectivity index (χ1n) is 14.5. The summed E-state index contributed by atoms with van der Waals surface area (Å²) in [5.41, 5.74) is 7.98. The lowest BCUT2D eigenvalue weighted by molar-refractivity contribution is -0.142. The first-order chi connectivity index (χ1) is 20.6. The highest BCUT2D eigenvalue weighted by molar-refractivity contribution is 7.88. The van der Waals surface area contributed by atoms with Crippen molar-refractivity contribution in [2.24, 2.45) is 5.73 Å². The molecule has 43 heavy (non-hydrogen) atoms. The van der Waals surface area contributed by atoms with Crippen LogP contribution < -0.4 is 15.8 Å². The minimum atomic E-state index is -4.01. The Bertz CT molecular complexity index is 1390. The molecule has 234 valence electrons. The molecular formula is C30H40ClN5O6S. The molecule has 4 rings (SSSR count). The molecule has 2 aromatic rings. The molecule has 3 amide bonds. The topological polar surface area (TPSA) is 151 Å². The highest BCUT2D eigenvalue weighted by atomic mass is 35.5. The van der Waals surface area contributed by atoms with Gasteiger partial charge in [0.15, 0.2) is 0 Å². The highest BCUT2D eigenvalue weighted by Crippen LogP contribution is 2.22. The number of carbonyl (C=O) groups is 3. The maximum atomic E-state index is 13.9. The van der Waals surface area contributed by atoms with Crippen LogP contribution in [0.5, 0.6) is 0 Å². The summed E-state index contributed by atoms with van der Waals surface area (Å²) in [5.74, 6) is -1.68. The third kappa shape index (κ3) is 8.99. The van der Waals surface area contributed by atoms with E-state index in [1.54, 1.807) is 60.5 Å². The fourth-order valence-corrected chi connectivity index (χ4v) is 7.11. The molecule has 1 unspecified atom stereocenters. The second-order valence-corrected chi connectivity index (χ2v) is 13.2. The second-order valence-electron chi connectivity index (χ2n) is 11.0. The first kappa shape index (κ1) is 32.9. The number of likely N-dealkylation sites (tertiary alicyclic amines) is 1. The number of nitrogens with one attached hydrogen (secondary N) is 2. The number of hydrogen-bond acceptors (Lipinski definition) is 7. The molecule has 2 fully saturated rings. The van der Waals surface area contributed by atoms with Crippen molar-refractivity contribution < 1.29 is 27.5 Å². The molecule has 0 bridgehead atoms. The lowest BCUT2D eigenvalue weighted by atomic mass is 10.1. The van der Waals surface area contributed by atoms with Crippen LogP contribution in [0.25, 0.3) is 0 Å². The Kier molecular flexibility index (Phi) is 11.6. The molecule has 0 aliphatic carbocycles. The Balaban J connectivity index is 1.50. The first-order valence-corrected chi connectivity index (χ1v) is 16.5. The third-order valence-corrected chi connectivity index (χ3v) is 9.60. The van der Waals surface area contributed by atoms with Crippen molar-refractivity contribution in [2.45, 2.75) is 69.1 Å². The molecule has 2 aliphatic heterocycles. The predicted molar refractivity (Wildman–Crippen MR) is 163 cm³/mol. The van der Waals surface area contributed by atoms with Crippen LogP contribution in [0.3, 0.4) is 0 Å². The molecule has 0 spiro atoms. The zero-order valence-electron chi connectivity index (χ0n) is 24.3. The van der Waals surface area contributed by atoms with E-state index in [9.17, 15) is 22.8 Å². The maximum absolute atomic E-state index is 13.9. The summed E-state index contributed by atoms with van der Waals surface area (Å²) in [7, 11) is -2.35. The zero-order valence-corrected chi connectivity index (χ0v) is 25.9. The number of halogens is 1. The van der Waals surface area contributed by atoms with E-state index in [4.69, 9.17) is 22.1 Å². The average molecular weight is 634 g/mol. The maximum Gasteiger partial charge on any atom is 0.243 e. The molecule has 2 heterocycles. The Morgan fingerprint density at radius 1 is 1.09 bits per heavy atom. The number of benzene rings is 2. The van der Waals surface area contributed by atoms with Crippen LogP contribution in [0.1, 0.15) is 48.8 Å². The van der Waals surface area contributed by atoms with E-state index in [1.165, 1.54) is 4.90 Å². The van der Waals surface area contributed by atoms with Gasteiger partial charge >= 0.3 is 0 Å². The largest absolute Gasteiger partial charge is 0.381 e. The van der Waals surface area contributed by atoms with Gasteiger partial charge in [0.05, 0.1) is 12.2 Å². The average Bonchev–Trinajstić information content (AvgIpc) is 3.49. The van der Waals surface area contributed by atoms with Crippen molar-refractivity contribution in [1.29, 1.82) is 0 Å². The summed E-state index contributed by atoms with van der Waals surface area (Å²) in [6, 6.07) is 11.6. The summed E-state index contributed by atoms with van der Waals surface area (Å²) in [4.78, 5) is 43.6. The standard InChI is InChI=1S/C30H40ClN5O6S/c1-35(25-11-14-42-15-12-25)28(37)17-26(34-43(40,41)20-21-6-3-2-4-7-21)30(39)36-13-5-8-27(36)29(38)33-19-23-16-24(31)10-9-22(23)18-32/h2-4,6-7,9-10,16,25-27,34H,5,8,11-15,17-20,32H2,1H3,(H,33,38)/t26?,27-/m0/s1. The van der Waals surface area contributed by atoms with Crippen LogP contribution >= 0.6 is 11.6 Å². The summed E-state index contributed by atoms with van der Waals surface area (Å²) >= 11 is 6.13. The minimum Gasteiger partial charge on any atom is -0.381 e. The van der Waals surface area contributed by atoms with Gasteiger partial charge in [-0.2, -0.15) is 0 Å². The van der Waals surface area contributed by atoms with Gasteiger partial charge in [0.25, 0.3) is 0 Å². The van der Waals surface area contributed by atoms with E-state index in [0.29, 0.717) is 49.5 Å². The summed E-state index contributed by atoms with van der Waals surface area (Å²) < 4.78 is 34.3. The van der Waals surface area contributed by atoms with Gasteiger partial charge in [-0.25, -0.2) is 13.1 Å². The predicted octanol–water partition coefficient (Wildman–Crippen LogP) is 1.92. The van der Waals surface area contributed by atoms with E-state index in [1.807, 2.05) is 0 Å². The minimum absolute atomic E-state index is 0.0619. The molecule has 13 heteroatoms. The Hall–Kier alpha value is -3.03. The third-order valence-electron chi connectivity index (χ3n) is 8.01. The lowest BCUT2D eigenvalue weighted by Gasteiger charge is -2.33. The molecule has 2 aliphatic rings. The van der Waals surface area contributed by atoms with Crippen LogP contribution in [-0.2, 0) is 48.0 Å². The van der Waals surface area contributed by atoms with Gasteiger partial charge < -0.3 is 25.6 Å². The van der Waals surface area contributed by atoms with Gasteiger partial charge in [0, 0.05) is 51.0 Å². The smallest absolute Gasteiger partial charge is 0.243 e. The number of carbonyl (C=O) groups excluding carboxylic acids is 3. The van der Waals surface area contributed by atoms with Crippen molar-refractivity contribution in [1.82, 2.24) is 19.8 Å². The fourth-order valence-electron chi connectivity index (χ4n) is 5.59. The van der Waals surface area contributed by atoms with Gasteiger partial charge in [-0.3, -0.25) is 14.4 Å². The molecule has 4 N–H and O–H groups in total. The normalized spacial score (nSPS) is 18.3. The van der Waals surface area contributed by atoms with Crippen molar-refractivity contribution in [2.75, 3.05) is 26.8 Å². The lowest BCUT2D eigenvalue weighted by Crippen LogP contribution is -2.55. The fraction of sp³-hybridized carbons (Fsp3) is 0.500. The quantitative estimate of drug-likeness (QED) is 0.323. The van der Waals surface area contributed by atoms with E-state index in [0.717, 1.165) is 11.1 Å². The number of hydrogen-bond donors (Lipinski definition) is 3. The zero-order chi connectivity index (χ0) is 31.0. The number of sulfonamides is 1. The molecule has 0 saturated carbocycles. The second kappa shape index (κ2) is 15.1. The van der Waals surface area contributed by atoms with Crippen molar-refractivity contribution in [3.05, 3.63) is 70.2 Å². The van der Waals surface area contributed by atoms with Gasteiger partial charge in [0.2, 0.25) is 27.7 Å². The van der Waals surface area contributed by atoms with Gasteiger partial charge in [-0.05, 0) is 54.5 Å². The van der Waals surface area contributed by atoms with Crippen LogP contribution in [-0.4, -0.2) is 80.9 Å². The number of ether oxygens (including phenoxy) is 1. The van der Waals surface area contributed by atoms with Crippen LogP contribution in [0.15, 0.2) is 48.5 Å². The van der Waals surface area contributed by atoms with Crippen molar-refractivity contribution in [3.63, 3.8) is 0 Å². The number of amides is 3. The molecular weight excluding hydrogens is 594 g/mol. The van der Waals surface area contributed by atoms with Gasteiger partial charge in [0.1, 0.15) is 12.1 Å². The summed E-state index contributed by atoms with van der Waals surface area (Å²) in [6.07, 6.45) is 1.93. The van der Waals surface area contributed by atoms with Crippen LogP contribution in [0, 0.1) is 0 Å². The van der Waals surface area contributed by atoms with E-state index >= 15 is 0 Å². The molecule has 2 saturated heterocycles. The monoisotopic (exact) mass is 633 g/mol. The van der Waals surface area contributed by atoms with Crippen molar-refractivity contribution >= 4 is 39.3 Å². The van der Waals surface area contributed by atoms with Gasteiger partial charge in [-0.15, -0.1) is 0 Å². The SMILES string of the molecule is CN(C(=O)CC(NS(=O)(=O)Cc1ccccc1)C(=O)N1CCC[C@H]1C(=O)NCc1cc(Cl)ccc1CN)C1CCOCC1. The summed E-state index contributed by atoms with van der Waals surface area (Å²) in [6.45, 7) is 1.77. The molecule has 11 nitrogen and oxygen atoms in total. The molecule has 2 atom stereocenters. The highest BCUT2D eigenvalue weighted by Gasteiger charge is 2.40. The Labute approximate surface area is 258 Å². The van der Waals surface area contributed by atoms with Crippen LogP contribution in [0.4, 0.5) is 0 Å². The van der Waals surface area contributed by atoms with Crippen LogP contribution in [0.2, 0.25) is 5.02 Å². The van der Waals surface area contributed by atoms with E-state index in [-0.39, 0.29) is 49.7 Å². The number of nitrogens with two attached hydrogens (primary N) is 1. The molecule has 2 aromatic carbocycles. The van der Waals surface area contributed by atoms with Crippen molar-refractivity contribution in [3.8, 4) is 0 Å². The van der Waals surface area contributed by atoms with Gasteiger partial charge in [-0.1, -0.05) is 48.0 Å². The number of rotatable bonds is 12. The Morgan fingerprint density at radius 2 is 1.81 bits per heavy atom. The number of nitrogens with zero attached hydrogens (tertiary/aromatic N) is 2. The van der Waals surface area contributed by atoms with E-state index < -0.39 is 28.0 Å². The Morgan fingerprint density at radius 3 is 2.51 bits per heavy atom. The molecule has 0 radical (unpaired) electrons. The van der Waals surface area contributed by atoms with E-state index in [2.05, 4.69) is 10.0 Å². The molecule has 0 aromatic heterocycles. The summed E-state index contributed by atoms with van der Waals surface area (Å²) in [5, 5.41) is 3.39.